The average molecular weight is 260 g/mol. The molecule has 1 saturated heterocycles. The van der Waals surface area contributed by atoms with E-state index in [1.54, 1.807) is 0 Å². The van der Waals surface area contributed by atoms with Crippen molar-refractivity contribution < 1.29 is 9.53 Å². The van der Waals surface area contributed by atoms with Gasteiger partial charge < -0.3 is 15.4 Å². The molecule has 1 rings (SSSR count). The molecule has 17 heavy (non-hydrogen) atoms. The molecular formula is C12H24N2O2S. The molecule has 2 atom stereocenters. The Morgan fingerprint density at radius 2 is 2.12 bits per heavy atom. The van der Waals surface area contributed by atoms with Crippen LogP contribution >= 0.6 is 11.8 Å². The highest BCUT2D eigenvalue weighted by Crippen LogP contribution is 2.25. The van der Waals surface area contributed by atoms with Gasteiger partial charge in [-0.25, -0.2) is 4.79 Å². The number of hydrogen-bond acceptors (Lipinski definition) is 4. The fourth-order valence-electron chi connectivity index (χ4n) is 1.71. The van der Waals surface area contributed by atoms with E-state index >= 15 is 0 Å². The van der Waals surface area contributed by atoms with Crippen LogP contribution in [0.1, 0.15) is 34.1 Å². The summed E-state index contributed by atoms with van der Waals surface area (Å²) in [5.74, 6) is 1.17. The summed E-state index contributed by atoms with van der Waals surface area (Å²) in [7, 11) is 0. The second-order valence-corrected chi connectivity index (χ2v) is 6.93. The summed E-state index contributed by atoms with van der Waals surface area (Å²) in [6, 6.07) is 0.593. The Labute approximate surface area is 108 Å². The van der Waals surface area contributed by atoms with E-state index in [0.29, 0.717) is 12.6 Å². The van der Waals surface area contributed by atoms with Crippen LogP contribution in [0.4, 0.5) is 4.79 Å². The monoisotopic (exact) mass is 260 g/mol. The summed E-state index contributed by atoms with van der Waals surface area (Å²) in [5, 5.41) is 6.94. The van der Waals surface area contributed by atoms with E-state index in [0.717, 1.165) is 11.8 Å². The molecule has 1 aliphatic rings. The maximum Gasteiger partial charge on any atom is 0.407 e. The van der Waals surface area contributed by atoms with Gasteiger partial charge in [-0.1, -0.05) is 6.92 Å². The zero-order valence-corrected chi connectivity index (χ0v) is 12.0. The summed E-state index contributed by atoms with van der Waals surface area (Å²) in [6.45, 7) is 9.26. The van der Waals surface area contributed by atoms with Gasteiger partial charge in [-0.05, 0) is 27.2 Å². The Balaban J connectivity index is 2.02. The van der Waals surface area contributed by atoms with Gasteiger partial charge in [0.1, 0.15) is 5.60 Å². The molecule has 1 fully saturated rings. The van der Waals surface area contributed by atoms with Crippen LogP contribution in [-0.2, 0) is 4.74 Å². The first-order chi connectivity index (χ1) is 7.87. The topological polar surface area (TPSA) is 50.4 Å². The summed E-state index contributed by atoms with van der Waals surface area (Å²) in [4.78, 5) is 11.3. The van der Waals surface area contributed by atoms with Crippen LogP contribution < -0.4 is 10.6 Å². The number of nitrogens with one attached hydrogen (secondary N) is 2. The van der Waals surface area contributed by atoms with Gasteiger partial charge in [-0.3, -0.25) is 0 Å². The molecule has 4 nitrogen and oxygen atoms in total. The van der Waals surface area contributed by atoms with E-state index in [2.05, 4.69) is 17.6 Å². The highest BCUT2D eigenvalue weighted by molar-refractivity contribution is 8.00. The molecule has 0 spiro atoms. The van der Waals surface area contributed by atoms with Gasteiger partial charge in [-0.15, -0.1) is 0 Å². The van der Waals surface area contributed by atoms with Gasteiger partial charge in [0.15, 0.2) is 0 Å². The number of rotatable bonds is 4. The predicted octanol–water partition coefficient (Wildman–Crippen LogP) is 1.99. The van der Waals surface area contributed by atoms with Crippen LogP contribution in [0.15, 0.2) is 0 Å². The van der Waals surface area contributed by atoms with Crippen molar-refractivity contribution in [2.24, 2.45) is 0 Å². The summed E-state index contributed by atoms with van der Waals surface area (Å²) < 4.78 is 5.14. The van der Waals surface area contributed by atoms with Crippen molar-refractivity contribution in [2.45, 2.75) is 51.0 Å². The Morgan fingerprint density at radius 3 is 2.65 bits per heavy atom. The minimum atomic E-state index is -0.422. The van der Waals surface area contributed by atoms with Gasteiger partial charge in [0.2, 0.25) is 0 Å². The molecule has 1 amide bonds. The molecule has 2 unspecified atom stereocenters. The van der Waals surface area contributed by atoms with Gasteiger partial charge in [0.25, 0.3) is 0 Å². The fraction of sp³-hybridized carbons (Fsp3) is 0.917. The SMILES string of the molecule is CC1CC(NCCNC(=O)OC(C)(C)C)CS1. The van der Waals surface area contributed by atoms with Crippen LogP contribution in [0.3, 0.4) is 0 Å². The number of carbonyl (C=O) groups excluding carboxylic acids is 1. The fourth-order valence-corrected chi connectivity index (χ4v) is 2.90. The molecular weight excluding hydrogens is 236 g/mol. The number of amides is 1. The van der Waals surface area contributed by atoms with E-state index in [1.165, 1.54) is 12.2 Å². The molecule has 0 aromatic heterocycles. The lowest BCUT2D eigenvalue weighted by molar-refractivity contribution is 0.0528. The van der Waals surface area contributed by atoms with Crippen molar-refractivity contribution in [3.05, 3.63) is 0 Å². The smallest absolute Gasteiger partial charge is 0.407 e. The largest absolute Gasteiger partial charge is 0.444 e. The Kier molecular flexibility index (Phi) is 5.59. The maximum absolute atomic E-state index is 11.3. The minimum Gasteiger partial charge on any atom is -0.444 e. The lowest BCUT2D eigenvalue weighted by atomic mass is 10.2. The van der Waals surface area contributed by atoms with E-state index in [9.17, 15) is 4.79 Å². The molecule has 2 N–H and O–H groups in total. The first-order valence-electron chi connectivity index (χ1n) is 6.18. The third kappa shape index (κ3) is 6.78. The number of carbonyl (C=O) groups is 1. The van der Waals surface area contributed by atoms with Crippen LogP contribution in [0, 0.1) is 0 Å². The number of hydrogen-bond donors (Lipinski definition) is 2. The zero-order chi connectivity index (χ0) is 12.9. The lowest BCUT2D eigenvalue weighted by Crippen LogP contribution is -2.39. The van der Waals surface area contributed by atoms with E-state index in [4.69, 9.17) is 4.74 Å². The molecule has 1 heterocycles. The molecule has 0 aromatic carbocycles. The van der Waals surface area contributed by atoms with Crippen molar-refractivity contribution >= 4 is 17.9 Å². The standard InChI is InChI=1S/C12H24N2O2S/c1-9-7-10(8-17-9)13-5-6-14-11(15)16-12(2,3)4/h9-10,13H,5-8H2,1-4H3,(H,14,15). The third-order valence-electron chi connectivity index (χ3n) is 2.42. The van der Waals surface area contributed by atoms with Crippen LogP contribution in [0.2, 0.25) is 0 Å². The zero-order valence-electron chi connectivity index (χ0n) is 11.2. The van der Waals surface area contributed by atoms with E-state index in [1.807, 2.05) is 32.5 Å². The minimum absolute atomic E-state index is 0.339. The number of alkyl carbamates (subject to hydrolysis) is 1. The molecule has 0 bridgehead atoms. The van der Waals surface area contributed by atoms with Crippen molar-refractivity contribution in [1.29, 1.82) is 0 Å². The quantitative estimate of drug-likeness (QED) is 0.759. The second-order valence-electron chi connectivity index (χ2n) is 5.46. The van der Waals surface area contributed by atoms with Crippen molar-refractivity contribution in [3.8, 4) is 0 Å². The lowest BCUT2D eigenvalue weighted by Gasteiger charge is -2.20. The first kappa shape index (κ1) is 14.6. The Bertz CT molecular complexity index is 253. The van der Waals surface area contributed by atoms with Crippen molar-refractivity contribution in [3.63, 3.8) is 0 Å². The van der Waals surface area contributed by atoms with E-state index < -0.39 is 5.60 Å². The molecule has 5 heteroatoms. The van der Waals surface area contributed by atoms with Crippen LogP contribution in [0.5, 0.6) is 0 Å². The molecule has 0 aromatic rings. The van der Waals surface area contributed by atoms with Gasteiger partial charge >= 0.3 is 6.09 Å². The second kappa shape index (κ2) is 6.50. The molecule has 0 radical (unpaired) electrons. The first-order valence-corrected chi connectivity index (χ1v) is 7.23. The summed E-state index contributed by atoms with van der Waals surface area (Å²) in [6.07, 6.45) is 0.880. The molecule has 100 valence electrons. The van der Waals surface area contributed by atoms with Crippen molar-refractivity contribution in [2.75, 3.05) is 18.8 Å². The van der Waals surface area contributed by atoms with Crippen molar-refractivity contribution in [1.82, 2.24) is 10.6 Å². The van der Waals surface area contributed by atoms with Crippen LogP contribution in [0.25, 0.3) is 0 Å². The Morgan fingerprint density at radius 1 is 1.41 bits per heavy atom. The maximum atomic E-state index is 11.3. The summed E-state index contributed by atoms with van der Waals surface area (Å²) in [5.41, 5.74) is -0.422. The highest BCUT2D eigenvalue weighted by atomic mass is 32.2. The van der Waals surface area contributed by atoms with Crippen LogP contribution in [-0.4, -0.2) is 41.8 Å². The summed E-state index contributed by atoms with van der Waals surface area (Å²) >= 11 is 2.00. The average Bonchev–Trinajstić information content (AvgIpc) is 2.56. The third-order valence-corrected chi connectivity index (χ3v) is 3.78. The normalized spacial score (nSPS) is 24.7. The van der Waals surface area contributed by atoms with Gasteiger partial charge in [-0.2, -0.15) is 11.8 Å². The predicted molar refractivity (Wildman–Crippen MR) is 72.6 cm³/mol. The van der Waals surface area contributed by atoms with Gasteiger partial charge in [0.05, 0.1) is 0 Å². The Hall–Kier alpha value is -0.420. The number of ether oxygens (including phenoxy) is 1. The molecule has 0 aliphatic carbocycles. The highest BCUT2D eigenvalue weighted by Gasteiger charge is 2.21. The number of thioether (sulfide) groups is 1. The van der Waals surface area contributed by atoms with E-state index in [-0.39, 0.29) is 6.09 Å². The molecule has 0 saturated carbocycles. The molecule has 1 aliphatic heterocycles. The van der Waals surface area contributed by atoms with Gasteiger partial charge in [0, 0.05) is 30.1 Å².